The van der Waals surface area contributed by atoms with Gasteiger partial charge in [-0.3, -0.25) is 0 Å². The molecule has 0 spiro atoms. The Morgan fingerprint density at radius 3 is 3.13 bits per heavy atom. The number of anilines is 1. The fourth-order valence-electron chi connectivity index (χ4n) is 1.87. The largest absolute Gasteiger partial charge is 0.384 e. The first-order valence-electron chi connectivity index (χ1n) is 5.03. The molecule has 1 unspecified atom stereocenters. The van der Waals surface area contributed by atoms with Crippen LogP contribution in [-0.2, 0) is 4.74 Å². The third kappa shape index (κ3) is 1.45. The first-order valence-corrected chi connectivity index (χ1v) is 5.03. The second-order valence-corrected chi connectivity index (χ2v) is 3.79. The van der Waals surface area contributed by atoms with Crippen molar-refractivity contribution in [3.05, 3.63) is 18.0 Å². The van der Waals surface area contributed by atoms with E-state index in [-0.39, 0.29) is 0 Å². The van der Waals surface area contributed by atoms with E-state index >= 15 is 0 Å². The SMILES string of the molecule is Nc1ccc2[nH]c(C3CCOC3)nc2n1. The second-order valence-electron chi connectivity index (χ2n) is 3.79. The lowest BCUT2D eigenvalue weighted by atomic mass is 10.1. The number of H-pyrrole nitrogens is 1. The topological polar surface area (TPSA) is 76.8 Å². The van der Waals surface area contributed by atoms with E-state index in [0.29, 0.717) is 17.4 Å². The number of rotatable bonds is 1. The third-order valence-corrected chi connectivity index (χ3v) is 2.70. The van der Waals surface area contributed by atoms with Gasteiger partial charge in [-0.2, -0.15) is 0 Å². The average molecular weight is 204 g/mol. The number of nitrogen functional groups attached to an aromatic ring is 1. The van der Waals surface area contributed by atoms with E-state index in [2.05, 4.69) is 15.0 Å². The Bertz CT molecular complexity index is 487. The summed E-state index contributed by atoms with van der Waals surface area (Å²) in [5.41, 5.74) is 7.22. The number of hydrogen-bond acceptors (Lipinski definition) is 4. The fourth-order valence-corrected chi connectivity index (χ4v) is 1.87. The predicted octanol–water partition coefficient (Wildman–Crippen LogP) is 1.04. The normalized spacial score (nSPS) is 21.2. The molecule has 0 aromatic carbocycles. The smallest absolute Gasteiger partial charge is 0.179 e. The molecule has 0 amide bonds. The van der Waals surface area contributed by atoms with Crippen LogP contribution in [0.4, 0.5) is 5.82 Å². The van der Waals surface area contributed by atoms with E-state index in [4.69, 9.17) is 10.5 Å². The molecule has 1 fully saturated rings. The van der Waals surface area contributed by atoms with E-state index in [9.17, 15) is 0 Å². The Balaban J connectivity index is 2.05. The van der Waals surface area contributed by atoms with Gasteiger partial charge in [-0.1, -0.05) is 0 Å². The van der Waals surface area contributed by atoms with Crippen LogP contribution in [0.1, 0.15) is 18.2 Å². The van der Waals surface area contributed by atoms with Crippen LogP contribution in [0, 0.1) is 0 Å². The quantitative estimate of drug-likeness (QED) is 0.727. The monoisotopic (exact) mass is 204 g/mol. The van der Waals surface area contributed by atoms with Crippen LogP contribution in [0.5, 0.6) is 0 Å². The number of ether oxygens (including phenoxy) is 1. The number of hydrogen-bond donors (Lipinski definition) is 2. The molecule has 1 saturated heterocycles. The number of imidazole rings is 1. The summed E-state index contributed by atoms with van der Waals surface area (Å²) in [6, 6.07) is 3.68. The molecule has 0 aliphatic carbocycles. The lowest BCUT2D eigenvalue weighted by Gasteiger charge is -2.00. The van der Waals surface area contributed by atoms with E-state index in [0.717, 1.165) is 31.0 Å². The molecule has 3 N–H and O–H groups in total. The van der Waals surface area contributed by atoms with Gasteiger partial charge in [-0.15, -0.1) is 0 Å². The van der Waals surface area contributed by atoms with E-state index in [1.54, 1.807) is 6.07 Å². The van der Waals surface area contributed by atoms with Crippen molar-refractivity contribution in [2.45, 2.75) is 12.3 Å². The molecule has 5 nitrogen and oxygen atoms in total. The van der Waals surface area contributed by atoms with Gasteiger partial charge in [0.2, 0.25) is 0 Å². The maximum Gasteiger partial charge on any atom is 0.179 e. The van der Waals surface area contributed by atoms with Gasteiger partial charge in [-0.05, 0) is 18.6 Å². The number of nitrogens with one attached hydrogen (secondary N) is 1. The van der Waals surface area contributed by atoms with Gasteiger partial charge in [0.1, 0.15) is 11.6 Å². The molecule has 78 valence electrons. The van der Waals surface area contributed by atoms with Crippen molar-refractivity contribution in [3.63, 3.8) is 0 Å². The number of aromatic nitrogens is 3. The van der Waals surface area contributed by atoms with Gasteiger partial charge in [0.05, 0.1) is 12.1 Å². The van der Waals surface area contributed by atoms with Crippen molar-refractivity contribution < 1.29 is 4.74 Å². The summed E-state index contributed by atoms with van der Waals surface area (Å²) in [6.45, 7) is 1.56. The highest BCUT2D eigenvalue weighted by Crippen LogP contribution is 2.24. The van der Waals surface area contributed by atoms with Gasteiger partial charge < -0.3 is 15.5 Å². The van der Waals surface area contributed by atoms with Crippen molar-refractivity contribution in [3.8, 4) is 0 Å². The van der Waals surface area contributed by atoms with Crippen molar-refractivity contribution in [2.24, 2.45) is 0 Å². The van der Waals surface area contributed by atoms with Crippen LogP contribution in [0.25, 0.3) is 11.2 Å². The van der Waals surface area contributed by atoms with E-state index in [1.807, 2.05) is 6.07 Å². The number of nitrogens with two attached hydrogens (primary N) is 1. The minimum Gasteiger partial charge on any atom is -0.384 e. The molecular formula is C10H12N4O. The molecule has 0 saturated carbocycles. The molecule has 1 aliphatic heterocycles. The van der Waals surface area contributed by atoms with Gasteiger partial charge in [-0.25, -0.2) is 9.97 Å². The third-order valence-electron chi connectivity index (χ3n) is 2.70. The predicted molar refractivity (Wildman–Crippen MR) is 56.5 cm³/mol. The second kappa shape index (κ2) is 3.20. The number of fused-ring (bicyclic) bond motifs is 1. The van der Waals surface area contributed by atoms with E-state index in [1.165, 1.54) is 0 Å². The Morgan fingerprint density at radius 1 is 1.40 bits per heavy atom. The molecule has 1 aliphatic rings. The molecule has 1 atom stereocenters. The molecule has 15 heavy (non-hydrogen) atoms. The van der Waals surface area contributed by atoms with Crippen LogP contribution in [0.15, 0.2) is 12.1 Å². The Kier molecular flexibility index (Phi) is 1.85. The number of pyridine rings is 1. The average Bonchev–Trinajstić information content (AvgIpc) is 2.84. The van der Waals surface area contributed by atoms with Crippen molar-refractivity contribution in [1.29, 1.82) is 0 Å². The summed E-state index contributed by atoms with van der Waals surface area (Å²) in [4.78, 5) is 11.8. The summed E-state index contributed by atoms with van der Waals surface area (Å²) in [7, 11) is 0. The van der Waals surface area contributed by atoms with E-state index < -0.39 is 0 Å². The molecule has 2 aromatic heterocycles. The maximum absolute atomic E-state index is 5.60. The molecule has 0 bridgehead atoms. The summed E-state index contributed by atoms with van der Waals surface area (Å²) in [6.07, 6.45) is 1.02. The molecule has 3 heterocycles. The maximum atomic E-state index is 5.60. The molecule has 0 radical (unpaired) electrons. The highest BCUT2D eigenvalue weighted by atomic mass is 16.5. The summed E-state index contributed by atoms with van der Waals surface area (Å²) in [5, 5.41) is 0. The van der Waals surface area contributed by atoms with Crippen molar-refractivity contribution >= 4 is 17.0 Å². The van der Waals surface area contributed by atoms with Crippen molar-refractivity contribution in [1.82, 2.24) is 15.0 Å². The summed E-state index contributed by atoms with van der Waals surface area (Å²) in [5.74, 6) is 1.84. The zero-order valence-corrected chi connectivity index (χ0v) is 8.23. The Hall–Kier alpha value is -1.62. The Morgan fingerprint density at radius 2 is 2.33 bits per heavy atom. The zero-order valence-electron chi connectivity index (χ0n) is 8.23. The first kappa shape index (κ1) is 8.67. The van der Waals surface area contributed by atoms with Gasteiger partial charge in [0.15, 0.2) is 5.65 Å². The molecule has 3 rings (SSSR count). The summed E-state index contributed by atoms with van der Waals surface area (Å²) < 4.78 is 5.33. The first-order chi connectivity index (χ1) is 7.33. The number of nitrogens with zero attached hydrogens (tertiary/aromatic N) is 2. The molecule has 2 aromatic rings. The summed E-state index contributed by atoms with van der Waals surface area (Å²) >= 11 is 0. The van der Waals surface area contributed by atoms with Gasteiger partial charge >= 0.3 is 0 Å². The fraction of sp³-hybridized carbons (Fsp3) is 0.400. The minimum absolute atomic E-state index is 0.375. The molecule has 5 heteroatoms. The minimum atomic E-state index is 0.375. The highest BCUT2D eigenvalue weighted by Gasteiger charge is 2.21. The van der Waals surface area contributed by atoms with Crippen LogP contribution in [-0.4, -0.2) is 28.2 Å². The zero-order chi connectivity index (χ0) is 10.3. The van der Waals surface area contributed by atoms with Crippen molar-refractivity contribution in [2.75, 3.05) is 18.9 Å². The number of aromatic amines is 1. The van der Waals surface area contributed by atoms with Gasteiger partial charge in [0.25, 0.3) is 0 Å². The molecular weight excluding hydrogens is 192 g/mol. The highest BCUT2D eigenvalue weighted by molar-refractivity contribution is 5.72. The lowest BCUT2D eigenvalue weighted by molar-refractivity contribution is 0.193. The van der Waals surface area contributed by atoms with Crippen LogP contribution < -0.4 is 5.73 Å². The van der Waals surface area contributed by atoms with Gasteiger partial charge in [0, 0.05) is 12.5 Å². The van der Waals surface area contributed by atoms with Crippen LogP contribution in [0.3, 0.4) is 0 Å². The lowest BCUT2D eigenvalue weighted by Crippen LogP contribution is -1.99. The Labute approximate surface area is 86.7 Å². The van der Waals surface area contributed by atoms with Crippen LogP contribution in [0.2, 0.25) is 0 Å². The standard InChI is InChI=1S/C10H12N4O/c11-8-2-1-7-10(13-8)14-9(12-7)6-3-4-15-5-6/h1-2,6H,3-5H2,(H3,11,12,13,14). The van der Waals surface area contributed by atoms with Crippen LogP contribution >= 0.6 is 0 Å².